The van der Waals surface area contributed by atoms with E-state index in [1.807, 2.05) is 18.2 Å². The summed E-state index contributed by atoms with van der Waals surface area (Å²) in [7, 11) is 0. The Hall–Kier alpha value is -2.63. The number of halogens is 2. The van der Waals surface area contributed by atoms with Crippen molar-refractivity contribution in [2.75, 3.05) is 10.6 Å². The quantitative estimate of drug-likeness (QED) is 0.683. The van der Waals surface area contributed by atoms with Gasteiger partial charge in [-0.3, -0.25) is 9.78 Å². The molecule has 0 saturated heterocycles. The molecule has 1 amide bonds. The minimum Gasteiger partial charge on any atom is -0.364 e. The summed E-state index contributed by atoms with van der Waals surface area (Å²) in [6, 6.07) is 13.9. The van der Waals surface area contributed by atoms with Crippen molar-refractivity contribution in [1.29, 1.82) is 0 Å². The summed E-state index contributed by atoms with van der Waals surface area (Å²) in [4.78, 5) is 20.9. The number of nitrogens with one attached hydrogen (secondary N) is 2. The standard InChI is InChI=1S/C18H14Cl2N4O/c19-13-4-5-15(20)16(10-13)24-18(25)12-6-8-22-17(9-12)23-11-14-3-1-2-7-21-14/h1-10H,11H2,(H,22,23)(H,24,25). The number of rotatable bonds is 5. The summed E-state index contributed by atoms with van der Waals surface area (Å²) in [6.45, 7) is 0.513. The van der Waals surface area contributed by atoms with Crippen LogP contribution in [0.25, 0.3) is 0 Å². The van der Waals surface area contributed by atoms with Crippen LogP contribution in [0.4, 0.5) is 11.5 Å². The number of amides is 1. The first-order chi connectivity index (χ1) is 12.1. The third-order valence-corrected chi connectivity index (χ3v) is 3.94. The average Bonchev–Trinajstić information content (AvgIpc) is 2.64. The minimum absolute atomic E-state index is 0.299. The Morgan fingerprint density at radius 2 is 1.88 bits per heavy atom. The number of hydrogen-bond acceptors (Lipinski definition) is 4. The number of carbonyl (C=O) groups is 1. The maximum absolute atomic E-state index is 12.4. The molecule has 0 unspecified atom stereocenters. The summed E-state index contributed by atoms with van der Waals surface area (Å²) in [5, 5.41) is 6.79. The molecular weight excluding hydrogens is 359 g/mol. The highest BCUT2D eigenvalue weighted by atomic mass is 35.5. The largest absolute Gasteiger partial charge is 0.364 e. The maximum Gasteiger partial charge on any atom is 0.255 e. The maximum atomic E-state index is 12.4. The van der Waals surface area contributed by atoms with Gasteiger partial charge in [0, 0.05) is 23.0 Å². The lowest BCUT2D eigenvalue weighted by molar-refractivity contribution is 0.102. The summed E-state index contributed by atoms with van der Waals surface area (Å²) < 4.78 is 0. The third kappa shape index (κ3) is 4.68. The molecule has 0 atom stereocenters. The van der Waals surface area contributed by atoms with Gasteiger partial charge in [0.15, 0.2) is 0 Å². The molecule has 126 valence electrons. The molecule has 0 radical (unpaired) electrons. The molecule has 0 aliphatic carbocycles. The van der Waals surface area contributed by atoms with Crippen molar-refractivity contribution in [2.45, 2.75) is 6.54 Å². The van der Waals surface area contributed by atoms with E-state index in [1.54, 1.807) is 42.7 Å². The second-order valence-electron chi connectivity index (χ2n) is 5.18. The van der Waals surface area contributed by atoms with Crippen LogP contribution in [0.1, 0.15) is 16.1 Å². The average molecular weight is 373 g/mol. The van der Waals surface area contributed by atoms with Gasteiger partial charge in [-0.25, -0.2) is 4.98 Å². The lowest BCUT2D eigenvalue weighted by atomic mass is 10.2. The van der Waals surface area contributed by atoms with Crippen molar-refractivity contribution in [1.82, 2.24) is 9.97 Å². The van der Waals surface area contributed by atoms with E-state index in [-0.39, 0.29) is 5.91 Å². The van der Waals surface area contributed by atoms with Gasteiger partial charge in [0.1, 0.15) is 5.82 Å². The van der Waals surface area contributed by atoms with Crippen LogP contribution in [0.2, 0.25) is 10.0 Å². The molecule has 5 nitrogen and oxygen atoms in total. The van der Waals surface area contributed by atoms with Crippen LogP contribution >= 0.6 is 23.2 Å². The predicted octanol–water partition coefficient (Wildman–Crippen LogP) is 4.65. The van der Waals surface area contributed by atoms with Crippen LogP contribution in [-0.2, 0) is 6.54 Å². The molecule has 0 aliphatic rings. The van der Waals surface area contributed by atoms with E-state index in [9.17, 15) is 4.79 Å². The van der Waals surface area contributed by atoms with E-state index in [4.69, 9.17) is 23.2 Å². The highest BCUT2D eigenvalue weighted by Crippen LogP contribution is 2.26. The van der Waals surface area contributed by atoms with E-state index in [2.05, 4.69) is 20.6 Å². The Labute approximate surface area is 155 Å². The van der Waals surface area contributed by atoms with Gasteiger partial charge in [0.2, 0.25) is 0 Å². The molecule has 0 fully saturated rings. The zero-order valence-electron chi connectivity index (χ0n) is 13.0. The topological polar surface area (TPSA) is 66.9 Å². The number of pyridine rings is 2. The van der Waals surface area contributed by atoms with Gasteiger partial charge in [-0.2, -0.15) is 0 Å². The first-order valence-corrected chi connectivity index (χ1v) is 8.23. The van der Waals surface area contributed by atoms with E-state index in [1.165, 1.54) is 0 Å². The molecule has 2 aromatic heterocycles. The highest BCUT2D eigenvalue weighted by Gasteiger charge is 2.10. The lowest BCUT2D eigenvalue weighted by Gasteiger charge is -2.09. The van der Waals surface area contributed by atoms with Crippen molar-refractivity contribution >= 4 is 40.6 Å². The fourth-order valence-electron chi connectivity index (χ4n) is 2.14. The predicted molar refractivity (Wildman–Crippen MR) is 100 cm³/mol. The van der Waals surface area contributed by atoms with Crippen LogP contribution < -0.4 is 10.6 Å². The fraction of sp³-hybridized carbons (Fsp3) is 0.0556. The van der Waals surface area contributed by atoms with Crippen molar-refractivity contribution in [3.63, 3.8) is 0 Å². The zero-order chi connectivity index (χ0) is 17.6. The molecule has 2 N–H and O–H groups in total. The number of aromatic nitrogens is 2. The second kappa shape index (κ2) is 7.96. The molecule has 0 bridgehead atoms. The van der Waals surface area contributed by atoms with Gasteiger partial charge in [-0.15, -0.1) is 0 Å². The van der Waals surface area contributed by atoms with Crippen LogP contribution in [0.15, 0.2) is 60.9 Å². The first-order valence-electron chi connectivity index (χ1n) is 7.48. The van der Waals surface area contributed by atoms with Crippen LogP contribution in [0.5, 0.6) is 0 Å². The zero-order valence-corrected chi connectivity index (χ0v) is 14.6. The van der Waals surface area contributed by atoms with Gasteiger partial charge in [-0.05, 0) is 42.5 Å². The van der Waals surface area contributed by atoms with Crippen molar-refractivity contribution in [3.8, 4) is 0 Å². The van der Waals surface area contributed by atoms with Gasteiger partial charge in [0.25, 0.3) is 5.91 Å². The molecule has 1 aromatic carbocycles. The molecule has 25 heavy (non-hydrogen) atoms. The smallest absolute Gasteiger partial charge is 0.255 e. The molecule has 7 heteroatoms. The molecule has 0 saturated carbocycles. The van der Waals surface area contributed by atoms with E-state index >= 15 is 0 Å². The van der Waals surface area contributed by atoms with Gasteiger partial charge < -0.3 is 10.6 Å². The summed E-state index contributed by atoms with van der Waals surface area (Å²) in [5.74, 6) is 0.281. The number of benzene rings is 1. The molecule has 3 aromatic rings. The van der Waals surface area contributed by atoms with Crippen molar-refractivity contribution in [2.24, 2.45) is 0 Å². The van der Waals surface area contributed by atoms with Crippen LogP contribution in [-0.4, -0.2) is 15.9 Å². The van der Waals surface area contributed by atoms with Crippen molar-refractivity contribution < 1.29 is 4.79 Å². The van der Waals surface area contributed by atoms with Crippen molar-refractivity contribution in [3.05, 3.63) is 82.2 Å². The van der Waals surface area contributed by atoms with E-state index in [0.29, 0.717) is 33.7 Å². The third-order valence-electron chi connectivity index (χ3n) is 3.38. The van der Waals surface area contributed by atoms with E-state index < -0.39 is 0 Å². The van der Waals surface area contributed by atoms with Gasteiger partial charge in [0.05, 0.1) is 22.9 Å². The monoisotopic (exact) mass is 372 g/mol. The lowest BCUT2D eigenvalue weighted by Crippen LogP contribution is -2.13. The van der Waals surface area contributed by atoms with E-state index in [0.717, 1.165) is 5.69 Å². The Kier molecular flexibility index (Phi) is 5.48. The Balaban J connectivity index is 1.70. The molecular formula is C18H14Cl2N4O. The normalized spacial score (nSPS) is 10.3. The molecule has 0 aliphatic heterocycles. The Morgan fingerprint density at radius 3 is 2.68 bits per heavy atom. The Bertz CT molecular complexity index is 887. The number of hydrogen-bond donors (Lipinski definition) is 2. The number of anilines is 2. The SMILES string of the molecule is O=C(Nc1cc(Cl)ccc1Cl)c1ccnc(NCc2ccccn2)c1. The van der Waals surface area contributed by atoms with Gasteiger partial charge in [-0.1, -0.05) is 29.3 Å². The molecule has 0 spiro atoms. The first kappa shape index (κ1) is 17.2. The van der Waals surface area contributed by atoms with Crippen LogP contribution in [0, 0.1) is 0 Å². The summed E-state index contributed by atoms with van der Waals surface area (Å²) in [6.07, 6.45) is 3.29. The Morgan fingerprint density at radius 1 is 1.00 bits per heavy atom. The number of carbonyl (C=O) groups excluding carboxylic acids is 1. The number of nitrogens with zero attached hydrogens (tertiary/aromatic N) is 2. The molecule has 3 rings (SSSR count). The summed E-state index contributed by atoms with van der Waals surface area (Å²) >= 11 is 12.0. The van der Waals surface area contributed by atoms with Crippen LogP contribution in [0.3, 0.4) is 0 Å². The minimum atomic E-state index is -0.299. The molecule has 2 heterocycles. The highest BCUT2D eigenvalue weighted by molar-refractivity contribution is 6.35. The van der Waals surface area contributed by atoms with Gasteiger partial charge >= 0.3 is 0 Å². The fourth-order valence-corrected chi connectivity index (χ4v) is 2.48. The summed E-state index contributed by atoms with van der Waals surface area (Å²) in [5.41, 5.74) is 1.79. The second-order valence-corrected chi connectivity index (χ2v) is 6.03.